The number of amides is 1. The van der Waals surface area contributed by atoms with E-state index in [2.05, 4.69) is 27.3 Å². The highest BCUT2D eigenvalue weighted by Crippen LogP contribution is 2.17. The van der Waals surface area contributed by atoms with Gasteiger partial charge in [-0.15, -0.1) is 10.2 Å². The molecule has 0 saturated carbocycles. The van der Waals surface area contributed by atoms with Crippen LogP contribution in [0, 0.1) is 0 Å². The van der Waals surface area contributed by atoms with E-state index >= 15 is 0 Å². The van der Waals surface area contributed by atoms with Crippen LogP contribution in [-0.2, 0) is 17.8 Å². The molecule has 0 radical (unpaired) electrons. The first kappa shape index (κ1) is 24.2. The molecule has 1 fully saturated rings. The Morgan fingerprint density at radius 3 is 2.69 bits per heavy atom. The van der Waals surface area contributed by atoms with Crippen LogP contribution < -0.4 is 10.9 Å². The van der Waals surface area contributed by atoms with E-state index in [-0.39, 0.29) is 11.5 Å². The first-order valence-corrected chi connectivity index (χ1v) is 13.0. The lowest BCUT2D eigenvalue weighted by atomic mass is 10.0. The Morgan fingerprint density at radius 2 is 1.86 bits per heavy atom. The van der Waals surface area contributed by atoms with Gasteiger partial charge in [0.2, 0.25) is 11.7 Å². The molecule has 8 nitrogen and oxygen atoms in total. The van der Waals surface area contributed by atoms with Crippen molar-refractivity contribution in [2.24, 2.45) is 0 Å². The molecule has 1 aliphatic rings. The number of hydrogen-bond donors (Lipinski definition) is 1. The van der Waals surface area contributed by atoms with E-state index in [1.807, 2.05) is 59.0 Å². The van der Waals surface area contributed by atoms with Gasteiger partial charge >= 0.3 is 0 Å². The summed E-state index contributed by atoms with van der Waals surface area (Å²) in [5, 5.41) is 12.4. The van der Waals surface area contributed by atoms with E-state index in [0.29, 0.717) is 49.0 Å². The third-order valence-electron chi connectivity index (χ3n) is 7.22. The van der Waals surface area contributed by atoms with Crippen LogP contribution >= 0.6 is 0 Å². The highest BCUT2D eigenvalue weighted by molar-refractivity contribution is 5.80. The van der Waals surface area contributed by atoms with Gasteiger partial charge in [0.05, 0.1) is 17.4 Å². The Labute approximate surface area is 210 Å². The zero-order valence-electron chi connectivity index (χ0n) is 20.9. The Bertz CT molecular complexity index is 1390. The molecule has 4 aromatic rings. The number of benzene rings is 2. The molecule has 2 aromatic carbocycles. The van der Waals surface area contributed by atoms with Crippen molar-refractivity contribution in [2.75, 3.05) is 19.6 Å². The first-order chi connectivity index (χ1) is 17.6. The van der Waals surface area contributed by atoms with Crippen molar-refractivity contribution >= 4 is 22.6 Å². The van der Waals surface area contributed by atoms with E-state index < -0.39 is 0 Å². The Balaban J connectivity index is 1.29. The van der Waals surface area contributed by atoms with Gasteiger partial charge < -0.3 is 10.2 Å². The molecule has 0 aliphatic carbocycles. The Morgan fingerprint density at radius 1 is 1.06 bits per heavy atom. The average Bonchev–Trinajstić information content (AvgIpc) is 3.33. The number of carbonyl (C=O) groups excluding carboxylic acids is 1. The van der Waals surface area contributed by atoms with E-state index in [1.54, 1.807) is 4.57 Å². The van der Waals surface area contributed by atoms with Crippen LogP contribution in [0.4, 0.5) is 0 Å². The number of piperidine rings is 1. The summed E-state index contributed by atoms with van der Waals surface area (Å²) < 4.78 is 3.58. The van der Waals surface area contributed by atoms with Gasteiger partial charge in [0.25, 0.3) is 5.56 Å². The highest BCUT2D eigenvalue weighted by Gasteiger charge is 2.19. The van der Waals surface area contributed by atoms with Crippen LogP contribution in [0.2, 0.25) is 0 Å². The van der Waals surface area contributed by atoms with Crippen molar-refractivity contribution in [2.45, 2.75) is 58.0 Å². The fraction of sp³-hybridized carbons (Fsp3) is 0.429. The lowest BCUT2D eigenvalue weighted by Gasteiger charge is -2.33. The summed E-state index contributed by atoms with van der Waals surface area (Å²) in [5.74, 6) is 1.19. The fourth-order valence-corrected chi connectivity index (χ4v) is 5.20. The molecule has 36 heavy (non-hydrogen) atoms. The largest absolute Gasteiger partial charge is 0.356 e. The van der Waals surface area contributed by atoms with Crippen LogP contribution in [0.1, 0.15) is 50.4 Å². The van der Waals surface area contributed by atoms with Gasteiger partial charge in [0, 0.05) is 32.0 Å². The van der Waals surface area contributed by atoms with Crippen LogP contribution in [-0.4, -0.2) is 55.6 Å². The van der Waals surface area contributed by atoms with Gasteiger partial charge in [-0.2, -0.15) is 0 Å². The number of nitrogens with zero attached hydrogens (tertiary/aromatic N) is 5. The number of aryl methyl sites for hydroxylation is 1. The van der Waals surface area contributed by atoms with Gasteiger partial charge in [0.1, 0.15) is 5.82 Å². The zero-order valence-corrected chi connectivity index (χ0v) is 20.9. The number of aromatic nitrogens is 4. The minimum Gasteiger partial charge on any atom is -0.356 e. The molecule has 1 N–H and O–H groups in total. The molecular weight excluding hydrogens is 452 g/mol. The number of fused-ring (bicyclic) bond motifs is 3. The molecule has 3 heterocycles. The van der Waals surface area contributed by atoms with Crippen molar-refractivity contribution < 1.29 is 4.79 Å². The van der Waals surface area contributed by atoms with E-state index in [0.717, 1.165) is 24.0 Å². The van der Waals surface area contributed by atoms with Crippen LogP contribution in [0.25, 0.3) is 16.7 Å². The monoisotopic (exact) mass is 486 g/mol. The maximum Gasteiger partial charge on any atom is 0.263 e. The maximum absolute atomic E-state index is 13.3. The maximum atomic E-state index is 13.3. The SMILES string of the molecule is CC1CCCCN1CCCNC(=O)CCc1nnc2n(Cc3ccccc3)c(=O)c3ccccc3n12. The number of likely N-dealkylation sites (tertiary alicyclic amines) is 1. The number of para-hydroxylation sites is 1. The summed E-state index contributed by atoms with van der Waals surface area (Å²) >= 11 is 0. The van der Waals surface area contributed by atoms with Gasteiger partial charge in [0.15, 0.2) is 0 Å². The second kappa shape index (κ2) is 11.0. The predicted octanol–water partition coefficient (Wildman–Crippen LogP) is 3.41. The second-order valence-electron chi connectivity index (χ2n) is 9.73. The molecule has 188 valence electrons. The van der Waals surface area contributed by atoms with E-state index in [4.69, 9.17) is 0 Å². The molecule has 5 rings (SSSR count). The molecule has 2 aromatic heterocycles. The van der Waals surface area contributed by atoms with Crippen molar-refractivity contribution in [1.82, 2.24) is 29.4 Å². The van der Waals surface area contributed by atoms with Crippen molar-refractivity contribution in [1.29, 1.82) is 0 Å². The Kier molecular flexibility index (Phi) is 7.41. The average molecular weight is 487 g/mol. The molecule has 1 unspecified atom stereocenters. The summed E-state index contributed by atoms with van der Waals surface area (Å²) in [6.07, 6.45) is 5.60. The third kappa shape index (κ3) is 5.18. The molecule has 1 saturated heterocycles. The van der Waals surface area contributed by atoms with E-state index in [9.17, 15) is 9.59 Å². The lowest BCUT2D eigenvalue weighted by Crippen LogP contribution is -2.39. The molecule has 1 amide bonds. The van der Waals surface area contributed by atoms with Crippen molar-refractivity contribution in [3.63, 3.8) is 0 Å². The van der Waals surface area contributed by atoms with Crippen LogP contribution in [0.3, 0.4) is 0 Å². The van der Waals surface area contributed by atoms with Gasteiger partial charge in [-0.3, -0.25) is 18.6 Å². The first-order valence-electron chi connectivity index (χ1n) is 13.0. The molecule has 1 atom stereocenters. The quantitative estimate of drug-likeness (QED) is 0.367. The number of carbonyl (C=O) groups is 1. The molecule has 0 bridgehead atoms. The second-order valence-corrected chi connectivity index (χ2v) is 9.73. The lowest BCUT2D eigenvalue weighted by molar-refractivity contribution is -0.121. The standard InChI is InChI=1S/C28H34N6O2/c1-21-10-7-8-18-32(21)19-9-17-29-26(35)16-15-25-30-31-28-33(20-22-11-3-2-4-12-22)27(36)23-13-5-6-14-24(23)34(25)28/h2-6,11-14,21H,7-10,15-20H2,1H3,(H,29,35). The predicted molar refractivity (Wildman–Crippen MR) is 141 cm³/mol. The van der Waals surface area contributed by atoms with Gasteiger partial charge in [-0.25, -0.2) is 0 Å². The smallest absolute Gasteiger partial charge is 0.263 e. The summed E-state index contributed by atoms with van der Waals surface area (Å²) in [5.41, 5.74) is 1.68. The number of hydrogen-bond acceptors (Lipinski definition) is 5. The van der Waals surface area contributed by atoms with E-state index in [1.165, 1.54) is 25.8 Å². The minimum absolute atomic E-state index is 0.0142. The third-order valence-corrected chi connectivity index (χ3v) is 7.22. The number of rotatable bonds is 9. The minimum atomic E-state index is -0.0957. The number of nitrogens with one attached hydrogen (secondary N) is 1. The molecular formula is C28H34N6O2. The topological polar surface area (TPSA) is 84.5 Å². The Hall–Kier alpha value is -3.52. The van der Waals surface area contributed by atoms with Crippen molar-refractivity contribution in [3.05, 3.63) is 76.3 Å². The fourth-order valence-electron chi connectivity index (χ4n) is 5.20. The molecule has 8 heteroatoms. The summed E-state index contributed by atoms with van der Waals surface area (Å²) in [4.78, 5) is 28.4. The summed E-state index contributed by atoms with van der Waals surface area (Å²) in [7, 11) is 0. The molecule has 0 spiro atoms. The van der Waals surface area contributed by atoms with Crippen molar-refractivity contribution in [3.8, 4) is 0 Å². The summed E-state index contributed by atoms with van der Waals surface area (Å²) in [6, 6.07) is 18.0. The molecule has 1 aliphatic heterocycles. The van der Waals surface area contributed by atoms with Crippen LogP contribution in [0.15, 0.2) is 59.4 Å². The normalized spacial score (nSPS) is 16.5. The zero-order chi connectivity index (χ0) is 24.9. The highest BCUT2D eigenvalue weighted by atomic mass is 16.1. The van der Waals surface area contributed by atoms with Crippen LogP contribution in [0.5, 0.6) is 0 Å². The summed E-state index contributed by atoms with van der Waals surface area (Å²) in [6.45, 7) is 5.58. The van der Waals surface area contributed by atoms with Gasteiger partial charge in [-0.05, 0) is 50.4 Å². The van der Waals surface area contributed by atoms with Gasteiger partial charge in [-0.1, -0.05) is 48.9 Å².